The van der Waals surface area contributed by atoms with Crippen molar-refractivity contribution in [1.82, 2.24) is 10.4 Å². The van der Waals surface area contributed by atoms with Gasteiger partial charge in [-0.2, -0.15) is 10.4 Å². The number of halogens is 2. The second-order valence-electron chi connectivity index (χ2n) is 6.03. The van der Waals surface area contributed by atoms with Gasteiger partial charge in [-0.25, -0.2) is 10.4 Å². The standard InChI is InChI=1S/C20H20Br2N4O5/c1-11-18(22)14(9-28-2)13(7-23)20(25-11)31-10-17(27)26-24-8-12-5-15(21)19(30-4)16(6-12)29-3/h5-6,8H,9-10H2,1-4H3,(H,26,27)/b24-8-. The number of hydrogen-bond acceptors (Lipinski definition) is 8. The normalized spacial score (nSPS) is 10.6. The Balaban J connectivity index is 2.07. The number of amides is 1. The molecule has 2 aromatic rings. The highest BCUT2D eigenvalue weighted by Crippen LogP contribution is 2.35. The predicted molar refractivity (Wildman–Crippen MR) is 121 cm³/mol. The number of carbonyl (C=O) groups is 1. The molecule has 0 aliphatic heterocycles. The minimum Gasteiger partial charge on any atom is -0.493 e. The Bertz CT molecular complexity index is 1040. The Hall–Kier alpha value is -2.68. The van der Waals surface area contributed by atoms with E-state index in [1.165, 1.54) is 27.5 Å². The van der Waals surface area contributed by atoms with Gasteiger partial charge in [-0.15, -0.1) is 0 Å². The van der Waals surface area contributed by atoms with Gasteiger partial charge in [0.25, 0.3) is 5.91 Å². The van der Waals surface area contributed by atoms with E-state index >= 15 is 0 Å². The van der Waals surface area contributed by atoms with Crippen molar-refractivity contribution in [2.24, 2.45) is 5.10 Å². The van der Waals surface area contributed by atoms with Crippen molar-refractivity contribution in [2.45, 2.75) is 13.5 Å². The fraction of sp³-hybridized carbons (Fsp3) is 0.300. The SMILES string of the molecule is COCc1c(Br)c(C)nc(OCC(=O)N/N=C\c2cc(Br)c(OC)c(OC)c2)c1C#N. The van der Waals surface area contributed by atoms with Crippen LogP contribution in [0.3, 0.4) is 0 Å². The highest BCUT2D eigenvalue weighted by Gasteiger charge is 2.18. The summed E-state index contributed by atoms with van der Waals surface area (Å²) in [5, 5.41) is 13.4. The van der Waals surface area contributed by atoms with E-state index < -0.39 is 5.91 Å². The van der Waals surface area contributed by atoms with Gasteiger partial charge < -0.3 is 18.9 Å². The molecular weight excluding hydrogens is 536 g/mol. The van der Waals surface area contributed by atoms with Crippen molar-refractivity contribution in [3.8, 4) is 23.4 Å². The summed E-state index contributed by atoms with van der Waals surface area (Å²) in [7, 11) is 4.58. The molecule has 0 atom stereocenters. The summed E-state index contributed by atoms with van der Waals surface area (Å²) in [6, 6.07) is 5.52. The maximum Gasteiger partial charge on any atom is 0.278 e. The van der Waals surface area contributed by atoms with Gasteiger partial charge in [0.1, 0.15) is 11.6 Å². The zero-order valence-corrected chi connectivity index (χ0v) is 20.5. The third kappa shape index (κ3) is 6.16. The Morgan fingerprint density at radius 2 is 2.03 bits per heavy atom. The summed E-state index contributed by atoms with van der Waals surface area (Å²) < 4.78 is 22.5. The molecule has 0 aliphatic rings. The molecule has 1 heterocycles. The Morgan fingerprint density at radius 3 is 2.65 bits per heavy atom. The number of ether oxygens (including phenoxy) is 4. The van der Waals surface area contributed by atoms with Crippen molar-refractivity contribution in [3.63, 3.8) is 0 Å². The number of methoxy groups -OCH3 is 3. The number of hydrazone groups is 1. The molecule has 1 aromatic heterocycles. The molecule has 1 aromatic carbocycles. The van der Waals surface area contributed by atoms with E-state index in [9.17, 15) is 10.1 Å². The number of aryl methyl sites for hydroxylation is 1. The second kappa shape index (κ2) is 11.6. The lowest BCUT2D eigenvalue weighted by atomic mass is 10.1. The van der Waals surface area contributed by atoms with Crippen LogP contribution in [0, 0.1) is 18.3 Å². The number of carbonyl (C=O) groups excluding carboxylic acids is 1. The van der Waals surface area contributed by atoms with Gasteiger partial charge in [0, 0.05) is 17.1 Å². The van der Waals surface area contributed by atoms with E-state index in [2.05, 4.69) is 47.4 Å². The van der Waals surface area contributed by atoms with Gasteiger partial charge in [-0.05, 0) is 56.5 Å². The number of nitrogens with one attached hydrogen (secondary N) is 1. The van der Waals surface area contributed by atoms with Crippen LogP contribution in [0.4, 0.5) is 0 Å². The maximum absolute atomic E-state index is 12.1. The maximum atomic E-state index is 12.1. The van der Waals surface area contributed by atoms with Crippen LogP contribution in [0.2, 0.25) is 0 Å². The molecule has 1 amide bonds. The number of hydrogen-bond donors (Lipinski definition) is 1. The van der Waals surface area contributed by atoms with Crippen LogP contribution in [0.1, 0.15) is 22.4 Å². The van der Waals surface area contributed by atoms with E-state index in [1.54, 1.807) is 19.1 Å². The van der Waals surface area contributed by atoms with E-state index in [1.807, 2.05) is 6.07 Å². The van der Waals surface area contributed by atoms with Crippen molar-refractivity contribution in [2.75, 3.05) is 27.9 Å². The van der Waals surface area contributed by atoms with E-state index in [-0.39, 0.29) is 24.7 Å². The summed E-state index contributed by atoms with van der Waals surface area (Å²) >= 11 is 6.79. The fourth-order valence-electron chi connectivity index (χ4n) is 2.57. The molecule has 164 valence electrons. The molecule has 0 bridgehead atoms. The zero-order valence-electron chi connectivity index (χ0n) is 17.3. The van der Waals surface area contributed by atoms with Crippen LogP contribution >= 0.6 is 31.9 Å². The highest BCUT2D eigenvalue weighted by atomic mass is 79.9. The topological polar surface area (TPSA) is 115 Å². The molecular formula is C20H20Br2N4O5. The molecule has 0 radical (unpaired) electrons. The fourth-order valence-corrected chi connectivity index (χ4v) is 3.59. The molecule has 0 spiro atoms. The molecule has 9 nitrogen and oxygen atoms in total. The average Bonchev–Trinajstić information content (AvgIpc) is 2.75. The third-order valence-corrected chi connectivity index (χ3v) is 5.61. The zero-order chi connectivity index (χ0) is 23.0. The molecule has 0 unspecified atom stereocenters. The van der Waals surface area contributed by atoms with Crippen LogP contribution in [-0.2, 0) is 16.1 Å². The molecule has 11 heteroatoms. The molecule has 0 aliphatic carbocycles. The van der Waals surface area contributed by atoms with Gasteiger partial charge in [0.2, 0.25) is 5.88 Å². The first kappa shape index (κ1) is 24.6. The molecule has 0 fully saturated rings. The van der Waals surface area contributed by atoms with E-state index in [4.69, 9.17) is 18.9 Å². The van der Waals surface area contributed by atoms with Gasteiger partial charge in [0.15, 0.2) is 18.1 Å². The number of pyridine rings is 1. The molecule has 0 saturated heterocycles. The lowest BCUT2D eigenvalue weighted by Gasteiger charge is -2.13. The van der Waals surface area contributed by atoms with Gasteiger partial charge in [0.05, 0.1) is 37.2 Å². The molecule has 2 rings (SSSR count). The summed E-state index contributed by atoms with van der Waals surface area (Å²) in [4.78, 5) is 16.3. The van der Waals surface area contributed by atoms with Gasteiger partial charge in [-0.1, -0.05) is 0 Å². The first-order valence-corrected chi connectivity index (χ1v) is 10.4. The summed E-state index contributed by atoms with van der Waals surface area (Å²) in [5.41, 5.74) is 4.45. The molecule has 1 N–H and O–H groups in total. The van der Waals surface area contributed by atoms with Crippen LogP contribution in [0.25, 0.3) is 0 Å². The molecule has 0 saturated carbocycles. The Kier molecular flexibility index (Phi) is 9.23. The van der Waals surface area contributed by atoms with Crippen molar-refractivity contribution in [1.29, 1.82) is 5.26 Å². The number of nitriles is 1. The van der Waals surface area contributed by atoms with Gasteiger partial charge in [-0.3, -0.25) is 4.79 Å². The minimum atomic E-state index is -0.518. The van der Waals surface area contributed by atoms with Crippen LogP contribution < -0.4 is 19.6 Å². The highest BCUT2D eigenvalue weighted by molar-refractivity contribution is 9.10. The Morgan fingerprint density at radius 1 is 1.29 bits per heavy atom. The minimum absolute atomic E-state index is 0.0539. The second-order valence-corrected chi connectivity index (χ2v) is 7.68. The number of rotatable bonds is 9. The monoisotopic (exact) mass is 554 g/mol. The predicted octanol–water partition coefficient (Wildman–Crippen LogP) is 3.48. The van der Waals surface area contributed by atoms with Crippen molar-refractivity contribution < 1.29 is 23.7 Å². The summed E-state index contributed by atoms with van der Waals surface area (Å²) in [6.07, 6.45) is 1.45. The quantitative estimate of drug-likeness (QED) is 0.372. The van der Waals surface area contributed by atoms with E-state index in [0.717, 1.165) is 0 Å². The number of benzene rings is 1. The van der Waals surface area contributed by atoms with Crippen molar-refractivity contribution in [3.05, 3.63) is 43.5 Å². The van der Waals surface area contributed by atoms with E-state index in [0.29, 0.717) is 37.3 Å². The largest absolute Gasteiger partial charge is 0.493 e. The Labute approximate surface area is 196 Å². The first-order valence-electron chi connectivity index (χ1n) is 8.80. The summed E-state index contributed by atoms with van der Waals surface area (Å²) in [6.45, 7) is 1.57. The lowest BCUT2D eigenvalue weighted by Crippen LogP contribution is -2.25. The summed E-state index contributed by atoms with van der Waals surface area (Å²) in [5.74, 6) is 0.602. The first-order chi connectivity index (χ1) is 14.9. The van der Waals surface area contributed by atoms with Gasteiger partial charge >= 0.3 is 0 Å². The van der Waals surface area contributed by atoms with Crippen LogP contribution in [0.5, 0.6) is 17.4 Å². The van der Waals surface area contributed by atoms with Crippen LogP contribution in [0.15, 0.2) is 26.2 Å². The number of nitrogens with zero attached hydrogens (tertiary/aromatic N) is 3. The van der Waals surface area contributed by atoms with Crippen molar-refractivity contribution >= 4 is 44.0 Å². The van der Waals surface area contributed by atoms with Crippen LogP contribution in [-0.4, -0.2) is 45.0 Å². The third-order valence-electron chi connectivity index (χ3n) is 3.97. The average molecular weight is 556 g/mol. The lowest BCUT2D eigenvalue weighted by molar-refractivity contribution is -0.123. The smallest absolute Gasteiger partial charge is 0.278 e. The number of aromatic nitrogens is 1. The molecule has 31 heavy (non-hydrogen) atoms.